The molecule has 1 unspecified atom stereocenters. The molecule has 1 N–H and O–H groups in total. The van der Waals surface area contributed by atoms with Crippen LogP contribution in [-0.2, 0) is 11.2 Å². The van der Waals surface area contributed by atoms with Gasteiger partial charge in [0.05, 0.1) is 6.10 Å². The number of carbonyl (C=O) groups excluding carboxylic acids is 1. The van der Waals surface area contributed by atoms with Gasteiger partial charge in [0.1, 0.15) is 5.75 Å². The fraction of sp³-hybridized carbons (Fsp3) is 0.533. The Labute approximate surface area is 113 Å². The maximum Gasteiger partial charge on any atom is 0.264 e. The van der Waals surface area contributed by atoms with Crippen molar-refractivity contribution >= 4 is 5.91 Å². The van der Waals surface area contributed by atoms with Crippen LogP contribution >= 0.6 is 0 Å². The molecular formula is C15H19NO3. The van der Waals surface area contributed by atoms with Crippen LogP contribution in [-0.4, -0.2) is 41.2 Å². The second-order valence-corrected chi connectivity index (χ2v) is 5.58. The van der Waals surface area contributed by atoms with E-state index in [1.807, 2.05) is 13.0 Å². The molecular weight excluding hydrogens is 242 g/mol. The van der Waals surface area contributed by atoms with Crippen LogP contribution in [0.15, 0.2) is 12.1 Å². The molecule has 0 radical (unpaired) electrons. The van der Waals surface area contributed by atoms with Crippen molar-refractivity contribution in [2.75, 3.05) is 13.1 Å². The van der Waals surface area contributed by atoms with E-state index in [2.05, 4.69) is 13.0 Å². The van der Waals surface area contributed by atoms with Crippen molar-refractivity contribution < 1.29 is 14.6 Å². The summed E-state index contributed by atoms with van der Waals surface area (Å²) in [5, 5.41) is 9.50. The smallest absolute Gasteiger partial charge is 0.264 e. The molecule has 102 valence electrons. The predicted molar refractivity (Wildman–Crippen MR) is 71.2 cm³/mol. The van der Waals surface area contributed by atoms with Crippen LogP contribution in [0.2, 0.25) is 0 Å². The number of carbonyl (C=O) groups is 1. The number of β-amino-alcohol motifs (C(OH)–C–C–N with tert-alkyl or cyclic N) is 1. The first-order valence-corrected chi connectivity index (χ1v) is 6.78. The summed E-state index contributed by atoms with van der Waals surface area (Å²) in [7, 11) is 0. The number of rotatable bonds is 1. The Kier molecular flexibility index (Phi) is 2.97. The number of benzene rings is 1. The molecule has 1 fully saturated rings. The van der Waals surface area contributed by atoms with Gasteiger partial charge in [-0.15, -0.1) is 0 Å². The summed E-state index contributed by atoms with van der Waals surface area (Å²) in [4.78, 5) is 14.0. The summed E-state index contributed by atoms with van der Waals surface area (Å²) in [6.07, 6.45) is 0.518. The van der Waals surface area contributed by atoms with Crippen molar-refractivity contribution in [3.63, 3.8) is 0 Å². The highest BCUT2D eigenvalue weighted by Crippen LogP contribution is 2.32. The van der Waals surface area contributed by atoms with E-state index >= 15 is 0 Å². The third-order valence-electron chi connectivity index (χ3n) is 4.10. The number of likely N-dealkylation sites (tertiary alicyclic amines) is 1. The molecule has 0 aromatic heterocycles. The monoisotopic (exact) mass is 261 g/mol. The van der Waals surface area contributed by atoms with E-state index in [1.165, 1.54) is 11.1 Å². The maximum atomic E-state index is 12.3. The molecule has 2 aliphatic rings. The minimum Gasteiger partial charge on any atom is -0.480 e. The van der Waals surface area contributed by atoms with E-state index in [9.17, 15) is 9.90 Å². The lowest BCUT2D eigenvalue weighted by Crippen LogP contribution is -2.40. The largest absolute Gasteiger partial charge is 0.480 e. The first-order chi connectivity index (χ1) is 9.04. The zero-order valence-electron chi connectivity index (χ0n) is 11.3. The number of aryl methyl sites for hydroxylation is 2. The summed E-state index contributed by atoms with van der Waals surface area (Å²) in [6.45, 7) is 5.19. The van der Waals surface area contributed by atoms with Crippen LogP contribution < -0.4 is 4.74 Å². The Bertz CT molecular complexity index is 495. The second-order valence-electron chi connectivity index (χ2n) is 5.58. The average Bonchev–Trinajstić information content (AvgIpc) is 2.95. The summed E-state index contributed by atoms with van der Waals surface area (Å²) >= 11 is 0. The number of ether oxygens (including phenoxy) is 1. The molecule has 0 bridgehead atoms. The van der Waals surface area contributed by atoms with Crippen LogP contribution in [0.25, 0.3) is 0 Å². The number of hydrogen-bond donors (Lipinski definition) is 1. The molecule has 1 aromatic carbocycles. The Hall–Kier alpha value is -1.55. The first-order valence-electron chi connectivity index (χ1n) is 6.78. The van der Waals surface area contributed by atoms with Crippen LogP contribution in [0.3, 0.4) is 0 Å². The number of hydrogen-bond acceptors (Lipinski definition) is 3. The summed E-state index contributed by atoms with van der Waals surface area (Å²) < 4.78 is 5.78. The molecule has 0 aliphatic carbocycles. The first kappa shape index (κ1) is 12.5. The number of aliphatic hydroxyl groups excluding tert-OH is 1. The van der Waals surface area contributed by atoms with Crippen LogP contribution in [0.4, 0.5) is 0 Å². The molecule has 2 atom stereocenters. The molecule has 0 saturated carbocycles. The highest BCUT2D eigenvalue weighted by Gasteiger charge is 2.35. The highest BCUT2D eigenvalue weighted by molar-refractivity contribution is 5.83. The van der Waals surface area contributed by atoms with Crippen molar-refractivity contribution in [1.82, 2.24) is 4.90 Å². The van der Waals surface area contributed by atoms with E-state index < -0.39 is 6.10 Å². The van der Waals surface area contributed by atoms with E-state index in [-0.39, 0.29) is 12.0 Å². The van der Waals surface area contributed by atoms with Crippen molar-refractivity contribution in [2.45, 2.75) is 38.9 Å². The molecule has 2 heterocycles. The molecule has 19 heavy (non-hydrogen) atoms. The van der Waals surface area contributed by atoms with Gasteiger partial charge >= 0.3 is 0 Å². The van der Waals surface area contributed by atoms with Crippen molar-refractivity contribution in [2.24, 2.45) is 0 Å². The lowest BCUT2D eigenvalue weighted by atomic mass is 10.0. The lowest BCUT2D eigenvalue weighted by molar-refractivity contribution is -0.137. The van der Waals surface area contributed by atoms with Crippen molar-refractivity contribution in [3.05, 3.63) is 28.8 Å². The van der Waals surface area contributed by atoms with Gasteiger partial charge in [-0.3, -0.25) is 4.79 Å². The molecule has 2 aliphatic heterocycles. The quantitative estimate of drug-likeness (QED) is 0.826. The number of fused-ring (bicyclic) bond motifs is 1. The van der Waals surface area contributed by atoms with Gasteiger partial charge in [0.2, 0.25) is 0 Å². The zero-order valence-corrected chi connectivity index (χ0v) is 11.3. The SMILES string of the molecule is Cc1cc2c(cc1C)OC(C(=O)N1CC[C@@H](O)C1)C2. The molecule has 3 rings (SSSR count). The predicted octanol–water partition coefficient (Wildman–Crippen LogP) is 1.20. The molecule has 1 amide bonds. The van der Waals surface area contributed by atoms with Gasteiger partial charge in [-0.2, -0.15) is 0 Å². The fourth-order valence-corrected chi connectivity index (χ4v) is 2.80. The number of aliphatic hydroxyl groups is 1. The van der Waals surface area contributed by atoms with Gasteiger partial charge in [0, 0.05) is 19.5 Å². The van der Waals surface area contributed by atoms with Gasteiger partial charge in [0.25, 0.3) is 5.91 Å². The molecule has 1 aromatic rings. The van der Waals surface area contributed by atoms with Crippen LogP contribution in [0.1, 0.15) is 23.1 Å². The van der Waals surface area contributed by atoms with Crippen LogP contribution in [0.5, 0.6) is 5.75 Å². The summed E-state index contributed by atoms with van der Waals surface area (Å²) in [5.74, 6) is 0.837. The number of nitrogens with zero attached hydrogens (tertiary/aromatic N) is 1. The Morgan fingerprint density at radius 1 is 1.37 bits per heavy atom. The highest BCUT2D eigenvalue weighted by atomic mass is 16.5. The Morgan fingerprint density at radius 2 is 2.11 bits per heavy atom. The summed E-state index contributed by atoms with van der Waals surface area (Å²) in [6, 6.07) is 4.12. The van der Waals surface area contributed by atoms with Gasteiger partial charge in [-0.05, 0) is 43.0 Å². The van der Waals surface area contributed by atoms with Gasteiger partial charge in [-0.25, -0.2) is 0 Å². The lowest BCUT2D eigenvalue weighted by Gasteiger charge is -2.19. The van der Waals surface area contributed by atoms with Crippen LogP contribution in [0, 0.1) is 13.8 Å². The normalized spacial score (nSPS) is 25.3. The van der Waals surface area contributed by atoms with E-state index in [0.717, 1.165) is 11.3 Å². The second kappa shape index (κ2) is 4.53. The average molecular weight is 261 g/mol. The fourth-order valence-electron chi connectivity index (χ4n) is 2.80. The number of amides is 1. The molecule has 4 nitrogen and oxygen atoms in total. The van der Waals surface area contributed by atoms with E-state index in [4.69, 9.17) is 4.74 Å². The molecule has 4 heteroatoms. The molecule has 0 spiro atoms. The minimum absolute atomic E-state index is 0.00283. The zero-order chi connectivity index (χ0) is 13.6. The Balaban J connectivity index is 1.75. The Morgan fingerprint density at radius 3 is 2.79 bits per heavy atom. The van der Waals surface area contributed by atoms with E-state index in [1.54, 1.807) is 4.90 Å². The summed E-state index contributed by atoms with van der Waals surface area (Å²) in [5.41, 5.74) is 3.52. The maximum absolute atomic E-state index is 12.3. The van der Waals surface area contributed by atoms with E-state index in [0.29, 0.717) is 25.9 Å². The minimum atomic E-state index is -0.415. The van der Waals surface area contributed by atoms with Crippen molar-refractivity contribution in [3.8, 4) is 5.75 Å². The van der Waals surface area contributed by atoms with Crippen molar-refractivity contribution in [1.29, 1.82) is 0 Å². The topological polar surface area (TPSA) is 49.8 Å². The van der Waals surface area contributed by atoms with Gasteiger partial charge in [-0.1, -0.05) is 6.07 Å². The van der Waals surface area contributed by atoms with Gasteiger partial charge in [0.15, 0.2) is 6.10 Å². The third kappa shape index (κ3) is 2.21. The van der Waals surface area contributed by atoms with Gasteiger partial charge < -0.3 is 14.7 Å². The standard InChI is InChI=1S/C15H19NO3/c1-9-5-11-7-14(19-13(11)6-10(9)2)15(18)16-4-3-12(17)8-16/h5-6,12,14,17H,3-4,7-8H2,1-2H3/t12-,14?/m1/s1. The molecule has 1 saturated heterocycles. The third-order valence-corrected chi connectivity index (χ3v) is 4.10.